The minimum Gasteiger partial charge on any atom is -0.396 e. The first-order chi connectivity index (χ1) is 18.4. The molecule has 0 aromatic heterocycles. The number of rotatable bonds is 10. The fraction of sp³-hybridized carbons (Fsp3) is 0.483. The highest BCUT2D eigenvalue weighted by Gasteiger charge is 2.74. The van der Waals surface area contributed by atoms with E-state index in [0.717, 1.165) is 18.4 Å². The fourth-order valence-corrected chi connectivity index (χ4v) is 6.74. The lowest BCUT2D eigenvalue weighted by atomic mass is 9.70. The lowest BCUT2D eigenvalue weighted by Crippen LogP contribution is -2.53. The molecule has 3 N–H and O–H groups in total. The van der Waals surface area contributed by atoms with E-state index in [1.54, 1.807) is 23.1 Å². The summed E-state index contributed by atoms with van der Waals surface area (Å²) in [6, 6.07) is 13.7. The highest BCUT2D eigenvalue weighted by Crippen LogP contribution is 2.58. The highest BCUT2D eigenvalue weighted by atomic mass is 35.5. The van der Waals surface area contributed by atoms with Crippen molar-refractivity contribution in [2.24, 2.45) is 11.8 Å². The first-order valence-corrected chi connectivity index (χ1v) is 13.8. The van der Waals surface area contributed by atoms with Gasteiger partial charge in [-0.05, 0) is 56.4 Å². The molecule has 3 fully saturated rings. The largest absolute Gasteiger partial charge is 0.396 e. The molecule has 3 aliphatic rings. The number of carbonyl (C=O) groups is 3. The van der Waals surface area contributed by atoms with Crippen molar-refractivity contribution in [3.8, 4) is 0 Å². The number of halogens is 1. The van der Waals surface area contributed by atoms with E-state index in [4.69, 9.17) is 21.4 Å². The summed E-state index contributed by atoms with van der Waals surface area (Å²) in [6.45, 7) is 2.37. The number of nitrogens with one attached hydrogen (secondary N) is 2. The van der Waals surface area contributed by atoms with E-state index in [1.165, 1.54) is 0 Å². The normalized spacial score (nSPS) is 27.4. The van der Waals surface area contributed by atoms with Gasteiger partial charge in [0.25, 0.3) is 0 Å². The number of carbonyl (C=O) groups excluding carboxylic acids is 3. The third kappa shape index (κ3) is 4.70. The van der Waals surface area contributed by atoms with E-state index in [-0.39, 0.29) is 24.3 Å². The number of benzene rings is 2. The van der Waals surface area contributed by atoms with Gasteiger partial charge in [-0.25, -0.2) is 0 Å². The molecule has 3 amide bonds. The van der Waals surface area contributed by atoms with Gasteiger partial charge in [-0.3, -0.25) is 14.4 Å². The molecule has 2 unspecified atom stereocenters. The number of aliphatic hydroxyl groups excluding tert-OH is 1. The molecule has 0 radical (unpaired) electrons. The third-order valence-corrected chi connectivity index (χ3v) is 8.48. The Morgan fingerprint density at radius 1 is 1.05 bits per heavy atom. The summed E-state index contributed by atoms with van der Waals surface area (Å²) in [5, 5.41) is 15.4. The Hall–Kier alpha value is -2.94. The lowest BCUT2D eigenvalue weighted by Gasteiger charge is -2.33. The lowest BCUT2D eigenvalue weighted by molar-refractivity contribution is -0.139. The second-order valence-electron chi connectivity index (χ2n) is 10.5. The maximum Gasteiger partial charge on any atom is 0.250 e. The number of aryl methyl sites for hydroxylation is 1. The summed E-state index contributed by atoms with van der Waals surface area (Å²) in [4.78, 5) is 43.0. The quantitative estimate of drug-likeness (QED) is 0.393. The number of nitrogens with zero attached hydrogens (tertiary/aromatic N) is 1. The Balaban J connectivity index is 1.44. The molecule has 2 aromatic rings. The minimum atomic E-state index is -1.06. The first-order valence-electron chi connectivity index (χ1n) is 13.4. The average molecular weight is 540 g/mol. The van der Waals surface area contributed by atoms with Gasteiger partial charge in [0.1, 0.15) is 11.6 Å². The number of anilines is 2. The third-order valence-electron chi connectivity index (χ3n) is 8.17. The van der Waals surface area contributed by atoms with Crippen molar-refractivity contribution in [2.75, 3.05) is 23.8 Å². The van der Waals surface area contributed by atoms with Gasteiger partial charge in [-0.2, -0.15) is 0 Å². The molecule has 2 bridgehead atoms. The molecule has 9 heteroatoms. The van der Waals surface area contributed by atoms with Crippen LogP contribution in [0.25, 0.3) is 0 Å². The van der Waals surface area contributed by atoms with Crippen molar-refractivity contribution in [1.82, 2.24) is 4.90 Å². The maximum absolute atomic E-state index is 14.0. The van der Waals surface area contributed by atoms with Gasteiger partial charge in [-0.1, -0.05) is 54.8 Å². The van der Waals surface area contributed by atoms with Crippen molar-refractivity contribution < 1.29 is 24.2 Å². The predicted octanol–water partition coefficient (Wildman–Crippen LogP) is 4.15. The second kappa shape index (κ2) is 11.0. The second-order valence-corrected chi connectivity index (χ2v) is 10.9. The summed E-state index contributed by atoms with van der Waals surface area (Å²) in [5.41, 5.74) is 0.922. The van der Waals surface area contributed by atoms with Crippen molar-refractivity contribution in [3.63, 3.8) is 0 Å². The van der Waals surface area contributed by atoms with Crippen LogP contribution in [-0.2, 0) is 19.1 Å². The van der Waals surface area contributed by atoms with Crippen molar-refractivity contribution in [2.45, 2.75) is 63.2 Å². The number of amides is 3. The molecule has 1 spiro atoms. The summed E-state index contributed by atoms with van der Waals surface area (Å²) in [6.07, 6.45) is 3.76. The van der Waals surface area contributed by atoms with E-state index in [1.807, 2.05) is 37.3 Å². The van der Waals surface area contributed by atoms with Crippen LogP contribution in [0.4, 0.5) is 11.4 Å². The molecule has 8 nitrogen and oxygen atoms in total. The van der Waals surface area contributed by atoms with Crippen LogP contribution in [-0.4, -0.2) is 58.6 Å². The first kappa shape index (κ1) is 26.7. The van der Waals surface area contributed by atoms with Gasteiger partial charge in [0, 0.05) is 18.8 Å². The van der Waals surface area contributed by atoms with Crippen molar-refractivity contribution in [1.29, 1.82) is 0 Å². The van der Waals surface area contributed by atoms with E-state index >= 15 is 0 Å². The van der Waals surface area contributed by atoms with E-state index in [0.29, 0.717) is 48.6 Å². The Morgan fingerprint density at radius 2 is 1.82 bits per heavy atom. The molecule has 5 rings (SSSR count). The minimum absolute atomic E-state index is 0.128. The van der Waals surface area contributed by atoms with Gasteiger partial charge in [0.15, 0.2) is 0 Å². The van der Waals surface area contributed by atoms with Crippen LogP contribution in [0.1, 0.15) is 44.1 Å². The number of ether oxygens (including phenoxy) is 1. The van der Waals surface area contributed by atoms with Crippen molar-refractivity contribution >= 4 is 40.7 Å². The Bertz CT molecular complexity index is 1190. The zero-order valence-electron chi connectivity index (χ0n) is 21.5. The molecule has 2 aromatic carbocycles. The fourth-order valence-electron chi connectivity index (χ4n) is 6.47. The van der Waals surface area contributed by atoms with Crippen LogP contribution in [0, 0.1) is 18.8 Å². The smallest absolute Gasteiger partial charge is 0.250 e. The number of para-hydroxylation sites is 2. The Morgan fingerprint density at radius 3 is 2.55 bits per heavy atom. The van der Waals surface area contributed by atoms with Crippen LogP contribution in [0.3, 0.4) is 0 Å². The predicted molar refractivity (Wildman–Crippen MR) is 145 cm³/mol. The van der Waals surface area contributed by atoms with E-state index < -0.39 is 29.6 Å². The average Bonchev–Trinajstić information content (AvgIpc) is 3.54. The number of unbranched alkanes of at least 4 members (excludes halogenated alkanes) is 3. The van der Waals surface area contributed by atoms with Gasteiger partial charge in [0.05, 0.1) is 28.6 Å². The monoisotopic (exact) mass is 539 g/mol. The van der Waals surface area contributed by atoms with Crippen LogP contribution in [0.15, 0.2) is 48.5 Å². The molecule has 0 aliphatic carbocycles. The number of aliphatic hydroxyl groups is 1. The summed E-state index contributed by atoms with van der Waals surface area (Å²) < 4.78 is 6.48. The zero-order valence-corrected chi connectivity index (χ0v) is 22.2. The standard InChI is InChI=1S/C29H34ClN3O5/c1-18-10-9-13-20(30)24(18)32-27(36)25-29-15-14-21(38-29)22(26(35)31-19-11-5-4-6-12-19)23(29)28(37)33(25)16-7-2-3-8-17-34/h4-6,9-13,21-23,25,34H,2-3,7-8,14-17H2,1H3,(H,31,35)(H,32,36)/t21-,22+,23-,25?,29?/m0/s1. The van der Waals surface area contributed by atoms with Crippen molar-refractivity contribution in [3.05, 3.63) is 59.1 Å². The maximum atomic E-state index is 14.0. The summed E-state index contributed by atoms with van der Waals surface area (Å²) in [7, 11) is 0. The van der Waals surface area contributed by atoms with Crippen LogP contribution >= 0.6 is 11.6 Å². The van der Waals surface area contributed by atoms with Crippen LogP contribution in [0.2, 0.25) is 5.02 Å². The van der Waals surface area contributed by atoms with Gasteiger partial charge < -0.3 is 25.4 Å². The molecule has 3 aliphatic heterocycles. The van der Waals surface area contributed by atoms with Crippen LogP contribution < -0.4 is 10.6 Å². The molecule has 3 heterocycles. The number of likely N-dealkylation sites (tertiary alicyclic amines) is 1. The van der Waals surface area contributed by atoms with Gasteiger partial charge in [-0.15, -0.1) is 0 Å². The zero-order chi connectivity index (χ0) is 26.9. The van der Waals surface area contributed by atoms with Gasteiger partial charge >= 0.3 is 0 Å². The molecule has 202 valence electrons. The van der Waals surface area contributed by atoms with Gasteiger partial charge in [0.2, 0.25) is 17.7 Å². The molecule has 0 saturated carbocycles. The molecular formula is C29H34ClN3O5. The SMILES string of the molecule is Cc1cccc(Cl)c1NC(=O)C1N(CCCCCCO)C(=O)[C@@H]2[C@H](C(=O)Nc3ccccc3)[C@@H]3CCC12O3. The Labute approximate surface area is 227 Å². The number of fused-ring (bicyclic) bond motifs is 1. The highest BCUT2D eigenvalue weighted by molar-refractivity contribution is 6.34. The van der Waals surface area contributed by atoms with E-state index in [9.17, 15) is 14.4 Å². The number of hydrogen-bond acceptors (Lipinski definition) is 5. The molecule has 5 atom stereocenters. The summed E-state index contributed by atoms with van der Waals surface area (Å²) >= 11 is 6.41. The Kier molecular flexibility index (Phi) is 7.75. The molecule has 3 saturated heterocycles. The van der Waals surface area contributed by atoms with Crippen LogP contribution in [0.5, 0.6) is 0 Å². The molecular weight excluding hydrogens is 506 g/mol. The van der Waals surface area contributed by atoms with E-state index in [2.05, 4.69) is 10.6 Å². The topological polar surface area (TPSA) is 108 Å². The number of hydrogen-bond donors (Lipinski definition) is 3. The summed E-state index contributed by atoms with van der Waals surface area (Å²) in [5.74, 6) is -2.22. The molecule has 38 heavy (non-hydrogen) atoms.